The van der Waals surface area contributed by atoms with Crippen LogP contribution in [0.5, 0.6) is 5.75 Å². The Labute approximate surface area is 201 Å². The molecule has 0 spiro atoms. The maximum absolute atomic E-state index is 13.4. The fraction of sp³-hybridized carbons (Fsp3) is 0.280. The molecule has 0 fully saturated rings. The van der Waals surface area contributed by atoms with Crippen LogP contribution in [0.1, 0.15) is 28.7 Å². The second-order valence-electron chi connectivity index (χ2n) is 8.53. The number of aryl methyl sites for hydroxylation is 4. The van der Waals surface area contributed by atoms with E-state index in [9.17, 15) is 16.8 Å². The summed E-state index contributed by atoms with van der Waals surface area (Å²) in [7, 11) is -6.34. The first-order chi connectivity index (χ1) is 16.0. The third-order valence-corrected chi connectivity index (χ3v) is 9.32. The first-order valence-electron chi connectivity index (χ1n) is 10.9. The number of fused-ring (bicyclic) bond motifs is 1. The van der Waals surface area contributed by atoms with Crippen LogP contribution in [0.2, 0.25) is 0 Å². The van der Waals surface area contributed by atoms with Gasteiger partial charge in [0.1, 0.15) is 10.6 Å². The summed E-state index contributed by atoms with van der Waals surface area (Å²) in [6.45, 7) is 5.94. The molecule has 1 N–H and O–H groups in total. The van der Waals surface area contributed by atoms with E-state index in [1.54, 1.807) is 54.6 Å². The van der Waals surface area contributed by atoms with Crippen molar-refractivity contribution in [1.29, 1.82) is 0 Å². The molecule has 0 saturated heterocycles. The third-order valence-electron chi connectivity index (χ3n) is 6.09. The van der Waals surface area contributed by atoms with E-state index in [4.69, 9.17) is 4.74 Å². The van der Waals surface area contributed by atoms with Gasteiger partial charge in [-0.1, -0.05) is 23.8 Å². The number of benzene rings is 3. The average molecular weight is 501 g/mol. The molecule has 3 aromatic carbocycles. The van der Waals surface area contributed by atoms with Gasteiger partial charge in [0.25, 0.3) is 20.0 Å². The van der Waals surface area contributed by atoms with Crippen LogP contribution >= 0.6 is 0 Å². The predicted octanol–water partition coefficient (Wildman–Crippen LogP) is 4.56. The topological polar surface area (TPSA) is 92.8 Å². The molecule has 0 amide bonds. The molecule has 180 valence electrons. The summed E-state index contributed by atoms with van der Waals surface area (Å²) in [6, 6.07) is 15.0. The molecule has 0 bridgehead atoms. The maximum Gasteiger partial charge on any atom is 0.265 e. The van der Waals surface area contributed by atoms with Gasteiger partial charge in [0.15, 0.2) is 0 Å². The van der Waals surface area contributed by atoms with Crippen molar-refractivity contribution in [2.45, 2.75) is 43.4 Å². The number of sulfonamides is 2. The summed E-state index contributed by atoms with van der Waals surface area (Å²) < 4.78 is 62.5. The van der Waals surface area contributed by atoms with Crippen LogP contribution in [-0.4, -0.2) is 30.5 Å². The molecule has 4 rings (SSSR count). The Balaban J connectivity index is 1.72. The molecule has 0 aromatic heterocycles. The van der Waals surface area contributed by atoms with Crippen LogP contribution < -0.4 is 13.8 Å². The van der Waals surface area contributed by atoms with E-state index in [0.29, 0.717) is 25.1 Å². The average Bonchev–Trinajstić information content (AvgIpc) is 2.80. The van der Waals surface area contributed by atoms with Gasteiger partial charge in [-0.05, 0) is 86.7 Å². The lowest BCUT2D eigenvalue weighted by Gasteiger charge is -2.31. The van der Waals surface area contributed by atoms with Crippen molar-refractivity contribution in [3.63, 3.8) is 0 Å². The molecule has 1 heterocycles. The van der Waals surface area contributed by atoms with Crippen LogP contribution in [0.25, 0.3) is 0 Å². The predicted molar refractivity (Wildman–Crippen MR) is 134 cm³/mol. The minimum absolute atomic E-state index is 0.0277. The molecule has 1 aliphatic rings. The monoisotopic (exact) mass is 500 g/mol. The zero-order valence-electron chi connectivity index (χ0n) is 19.6. The zero-order chi connectivity index (χ0) is 24.7. The molecule has 34 heavy (non-hydrogen) atoms. The van der Waals surface area contributed by atoms with Crippen molar-refractivity contribution in [3.05, 3.63) is 76.9 Å². The summed E-state index contributed by atoms with van der Waals surface area (Å²) in [4.78, 5) is 0.233. The molecule has 0 radical (unpaired) electrons. The second-order valence-corrected chi connectivity index (χ2v) is 12.0. The van der Waals surface area contributed by atoms with Crippen LogP contribution in [0, 0.1) is 20.8 Å². The normalized spacial score (nSPS) is 13.9. The molecule has 0 atom stereocenters. The van der Waals surface area contributed by atoms with E-state index >= 15 is 0 Å². The zero-order valence-corrected chi connectivity index (χ0v) is 21.3. The van der Waals surface area contributed by atoms with E-state index in [1.165, 1.54) is 11.4 Å². The van der Waals surface area contributed by atoms with E-state index < -0.39 is 20.0 Å². The molecular formula is C25H28N2O5S2. The summed E-state index contributed by atoms with van der Waals surface area (Å²) in [5.74, 6) is 0.247. The van der Waals surface area contributed by atoms with Crippen LogP contribution in [0.4, 0.5) is 11.4 Å². The highest BCUT2D eigenvalue weighted by molar-refractivity contribution is 7.93. The molecule has 3 aromatic rings. The number of hydrogen-bond acceptors (Lipinski definition) is 5. The number of methoxy groups -OCH3 is 1. The SMILES string of the molecule is COc1cc(C)c(C)cc1S(=O)(=O)Nc1ccc2c(c1)N(S(=O)(=O)c1ccc(C)cc1)CCC2. The number of hydrogen-bond donors (Lipinski definition) is 1. The van der Waals surface area contributed by atoms with Crippen LogP contribution in [0.15, 0.2) is 64.4 Å². The van der Waals surface area contributed by atoms with Gasteiger partial charge in [-0.25, -0.2) is 16.8 Å². The van der Waals surface area contributed by atoms with Crippen LogP contribution in [-0.2, 0) is 26.5 Å². The van der Waals surface area contributed by atoms with E-state index in [-0.39, 0.29) is 21.2 Å². The van der Waals surface area contributed by atoms with Crippen molar-refractivity contribution in [2.24, 2.45) is 0 Å². The molecule has 9 heteroatoms. The lowest BCUT2D eigenvalue weighted by atomic mass is 10.0. The minimum atomic E-state index is -3.97. The van der Waals surface area contributed by atoms with Gasteiger partial charge in [-0.15, -0.1) is 0 Å². The molecule has 0 unspecified atom stereocenters. The van der Waals surface area contributed by atoms with Gasteiger partial charge in [0.05, 0.1) is 23.4 Å². The van der Waals surface area contributed by atoms with Gasteiger partial charge in [0, 0.05) is 6.54 Å². The van der Waals surface area contributed by atoms with E-state index in [1.807, 2.05) is 20.8 Å². The Bertz CT molecular complexity index is 1450. The highest BCUT2D eigenvalue weighted by Gasteiger charge is 2.30. The Morgan fingerprint density at radius 3 is 2.24 bits per heavy atom. The maximum atomic E-state index is 13.4. The lowest BCUT2D eigenvalue weighted by Crippen LogP contribution is -2.35. The second kappa shape index (κ2) is 8.96. The van der Waals surface area contributed by atoms with Gasteiger partial charge in [-0.2, -0.15) is 0 Å². The fourth-order valence-electron chi connectivity index (χ4n) is 4.03. The summed E-state index contributed by atoms with van der Waals surface area (Å²) in [5.41, 5.74) is 4.33. The third kappa shape index (κ3) is 4.50. The lowest BCUT2D eigenvalue weighted by molar-refractivity contribution is 0.402. The summed E-state index contributed by atoms with van der Waals surface area (Å²) >= 11 is 0. The Morgan fingerprint density at radius 2 is 1.56 bits per heavy atom. The Hall–Kier alpha value is -3.04. The quantitative estimate of drug-likeness (QED) is 0.536. The number of nitrogens with zero attached hydrogens (tertiary/aromatic N) is 1. The number of rotatable bonds is 6. The highest BCUT2D eigenvalue weighted by Crippen LogP contribution is 2.35. The molecular weight excluding hydrogens is 472 g/mol. The van der Waals surface area contributed by atoms with Gasteiger partial charge in [0.2, 0.25) is 0 Å². The van der Waals surface area contributed by atoms with Crippen molar-refractivity contribution in [1.82, 2.24) is 0 Å². The number of anilines is 2. The standard InChI is InChI=1S/C25H28N2O5S2/c1-17-7-11-22(12-8-17)34(30,31)27-13-5-6-20-9-10-21(16-23(20)27)26-33(28,29)25-15-19(3)18(2)14-24(25)32-4/h7-12,14-16,26H,5-6,13H2,1-4H3. The smallest absolute Gasteiger partial charge is 0.265 e. The number of nitrogens with one attached hydrogen (secondary N) is 1. The summed E-state index contributed by atoms with van der Waals surface area (Å²) in [6.07, 6.45) is 1.40. The first-order valence-corrected chi connectivity index (χ1v) is 13.9. The Morgan fingerprint density at radius 1 is 0.882 bits per heavy atom. The van der Waals surface area contributed by atoms with Crippen molar-refractivity contribution in [2.75, 3.05) is 22.7 Å². The van der Waals surface area contributed by atoms with Crippen molar-refractivity contribution >= 4 is 31.4 Å². The van der Waals surface area contributed by atoms with Gasteiger partial charge >= 0.3 is 0 Å². The molecule has 1 aliphatic heterocycles. The van der Waals surface area contributed by atoms with E-state index in [2.05, 4.69) is 4.72 Å². The largest absolute Gasteiger partial charge is 0.495 e. The highest BCUT2D eigenvalue weighted by atomic mass is 32.2. The van der Waals surface area contributed by atoms with Gasteiger partial charge in [-0.3, -0.25) is 9.03 Å². The molecule has 0 aliphatic carbocycles. The first kappa shape index (κ1) is 24.1. The molecule has 0 saturated carbocycles. The van der Waals surface area contributed by atoms with Crippen molar-refractivity contribution in [3.8, 4) is 5.75 Å². The number of ether oxygens (including phenoxy) is 1. The Kier molecular flexibility index (Phi) is 6.35. The summed E-state index contributed by atoms with van der Waals surface area (Å²) in [5, 5.41) is 0. The minimum Gasteiger partial charge on any atom is -0.495 e. The van der Waals surface area contributed by atoms with E-state index in [0.717, 1.165) is 22.3 Å². The fourth-order valence-corrected chi connectivity index (χ4v) is 6.85. The molecule has 7 nitrogen and oxygen atoms in total. The van der Waals surface area contributed by atoms with Gasteiger partial charge < -0.3 is 4.74 Å². The van der Waals surface area contributed by atoms with Crippen LogP contribution in [0.3, 0.4) is 0 Å². The van der Waals surface area contributed by atoms with Crippen molar-refractivity contribution < 1.29 is 21.6 Å².